The van der Waals surface area contributed by atoms with E-state index in [4.69, 9.17) is 9.31 Å². The molecule has 0 aromatic heterocycles. The molecule has 120 valence electrons. The Morgan fingerprint density at radius 1 is 1.18 bits per heavy atom. The fourth-order valence-electron chi connectivity index (χ4n) is 2.42. The van der Waals surface area contributed by atoms with Gasteiger partial charge in [-0.05, 0) is 51.3 Å². The lowest BCUT2D eigenvalue weighted by atomic mass is 9.76. The maximum atomic E-state index is 9.49. The largest absolute Gasteiger partial charge is 0.491 e. The highest BCUT2D eigenvalue weighted by atomic mass is 16.7. The van der Waals surface area contributed by atoms with Crippen molar-refractivity contribution in [1.29, 1.82) is 0 Å². The molecule has 4 nitrogen and oxygen atoms in total. The third kappa shape index (κ3) is 3.44. The minimum atomic E-state index is -0.385. The molecular formula is C17H26BNO3. The molecule has 2 rings (SSSR count). The van der Waals surface area contributed by atoms with Gasteiger partial charge in [0.1, 0.15) is 0 Å². The third-order valence-corrected chi connectivity index (χ3v) is 4.50. The SMILES string of the molecule is CNCC(=Cc1ccccc1CO)B1OC(C)(C)C(C)(C)O1. The van der Waals surface area contributed by atoms with Crippen molar-refractivity contribution in [1.82, 2.24) is 5.32 Å². The van der Waals surface area contributed by atoms with Crippen LogP contribution in [0.25, 0.3) is 6.08 Å². The molecule has 1 aromatic carbocycles. The molecule has 0 atom stereocenters. The summed E-state index contributed by atoms with van der Waals surface area (Å²) >= 11 is 0. The zero-order valence-electron chi connectivity index (χ0n) is 14.1. The van der Waals surface area contributed by atoms with Gasteiger partial charge in [0.2, 0.25) is 0 Å². The Labute approximate surface area is 133 Å². The molecule has 1 fully saturated rings. The van der Waals surface area contributed by atoms with Crippen LogP contribution in [-0.2, 0) is 15.9 Å². The van der Waals surface area contributed by atoms with Crippen LogP contribution < -0.4 is 5.32 Å². The summed E-state index contributed by atoms with van der Waals surface area (Å²) < 4.78 is 12.3. The van der Waals surface area contributed by atoms with E-state index in [-0.39, 0.29) is 24.9 Å². The van der Waals surface area contributed by atoms with Crippen LogP contribution in [0.15, 0.2) is 29.7 Å². The summed E-state index contributed by atoms with van der Waals surface area (Å²) in [5.74, 6) is 0. The van der Waals surface area contributed by atoms with Gasteiger partial charge >= 0.3 is 7.12 Å². The van der Waals surface area contributed by atoms with Crippen molar-refractivity contribution in [2.45, 2.75) is 45.5 Å². The summed E-state index contributed by atoms with van der Waals surface area (Å²) in [4.78, 5) is 0. The summed E-state index contributed by atoms with van der Waals surface area (Å²) in [5, 5.41) is 12.7. The first-order valence-electron chi connectivity index (χ1n) is 7.70. The highest BCUT2D eigenvalue weighted by Crippen LogP contribution is 2.38. The van der Waals surface area contributed by atoms with Gasteiger partial charge < -0.3 is 19.7 Å². The average molecular weight is 303 g/mol. The van der Waals surface area contributed by atoms with E-state index in [9.17, 15) is 5.11 Å². The lowest BCUT2D eigenvalue weighted by Gasteiger charge is -2.32. The molecule has 1 aliphatic rings. The van der Waals surface area contributed by atoms with Crippen LogP contribution in [0.5, 0.6) is 0 Å². The van der Waals surface area contributed by atoms with E-state index < -0.39 is 0 Å². The molecule has 1 heterocycles. The lowest BCUT2D eigenvalue weighted by Crippen LogP contribution is -2.41. The third-order valence-electron chi connectivity index (χ3n) is 4.50. The van der Waals surface area contributed by atoms with Gasteiger partial charge in [0.15, 0.2) is 0 Å². The first-order chi connectivity index (χ1) is 10.3. The van der Waals surface area contributed by atoms with Gasteiger partial charge in [0.05, 0.1) is 17.8 Å². The molecule has 0 bridgehead atoms. The Bertz CT molecular complexity index is 539. The van der Waals surface area contributed by atoms with Crippen LogP contribution >= 0.6 is 0 Å². The number of hydrogen-bond acceptors (Lipinski definition) is 4. The Morgan fingerprint density at radius 3 is 2.32 bits per heavy atom. The zero-order valence-corrected chi connectivity index (χ0v) is 14.1. The second kappa shape index (κ2) is 6.55. The molecule has 0 saturated carbocycles. The molecule has 2 N–H and O–H groups in total. The molecule has 0 spiro atoms. The molecule has 0 aliphatic carbocycles. The molecule has 0 radical (unpaired) electrons. The monoisotopic (exact) mass is 303 g/mol. The fraction of sp³-hybridized carbons (Fsp3) is 0.529. The molecule has 1 aliphatic heterocycles. The fourth-order valence-corrected chi connectivity index (χ4v) is 2.42. The van der Waals surface area contributed by atoms with Crippen molar-refractivity contribution in [2.75, 3.05) is 13.6 Å². The Morgan fingerprint density at radius 2 is 1.77 bits per heavy atom. The highest BCUT2D eigenvalue weighted by Gasteiger charge is 2.52. The van der Waals surface area contributed by atoms with Crippen LogP contribution in [0.3, 0.4) is 0 Å². The summed E-state index contributed by atoms with van der Waals surface area (Å²) in [6.45, 7) is 8.87. The number of nitrogens with one attached hydrogen (secondary N) is 1. The second-order valence-corrected chi connectivity index (χ2v) is 6.69. The number of benzene rings is 1. The van der Waals surface area contributed by atoms with E-state index in [1.54, 1.807) is 0 Å². The van der Waals surface area contributed by atoms with Crippen LogP contribution in [0.1, 0.15) is 38.8 Å². The summed E-state index contributed by atoms with van der Waals surface area (Å²) in [5.41, 5.74) is 2.18. The van der Waals surface area contributed by atoms with Crippen LogP contribution in [0, 0.1) is 0 Å². The Hall–Kier alpha value is -1.14. The standard InChI is InChI=1S/C17H26BNO3/c1-16(2)17(3,4)22-18(21-16)15(11-19-5)10-13-8-6-7-9-14(13)12-20/h6-10,19-20H,11-12H2,1-5H3. The zero-order chi connectivity index (χ0) is 16.4. The van der Waals surface area contributed by atoms with Crippen molar-refractivity contribution in [3.63, 3.8) is 0 Å². The summed E-state index contributed by atoms with van der Waals surface area (Å²) in [6.07, 6.45) is 2.05. The highest BCUT2D eigenvalue weighted by molar-refractivity contribution is 6.55. The van der Waals surface area contributed by atoms with Crippen molar-refractivity contribution in [3.8, 4) is 0 Å². The minimum absolute atomic E-state index is 0.0167. The second-order valence-electron chi connectivity index (χ2n) is 6.69. The van der Waals surface area contributed by atoms with Gasteiger partial charge in [0, 0.05) is 6.54 Å². The summed E-state index contributed by atoms with van der Waals surface area (Å²) in [7, 11) is 1.51. The van der Waals surface area contributed by atoms with E-state index >= 15 is 0 Å². The minimum Gasteiger partial charge on any atom is -0.400 e. The van der Waals surface area contributed by atoms with E-state index in [1.165, 1.54) is 0 Å². The molecule has 0 unspecified atom stereocenters. The molecule has 5 heteroatoms. The topological polar surface area (TPSA) is 50.7 Å². The smallest absolute Gasteiger partial charge is 0.400 e. The first-order valence-corrected chi connectivity index (χ1v) is 7.70. The number of likely N-dealkylation sites (N-methyl/N-ethyl adjacent to an activating group) is 1. The average Bonchev–Trinajstić information content (AvgIpc) is 2.67. The normalized spacial score (nSPS) is 20.5. The van der Waals surface area contributed by atoms with Gasteiger partial charge in [-0.1, -0.05) is 30.3 Å². The Balaban J connectivity index is 2.33. The lowest BCUT2D eigenvalue weighted by molar-refractivity contribution is 0.00578. The predicted octanol–water partition coefficient (Wildman–Crippen LogP) is 2.41. The van der Waals surface area contributed by atoms with Crippen LogP contribution in [-0.4, -0.2) is 37.0 Å². The molecule has 1 saturated heterocycles. The van der Waals surface area contributed by atoms with E-state index in [0.29, 0.717) is 6.54 Å². The van der Waals surface area contributed by atoms with E-state index in [0.717, 1.165) is 16.6 Å². The van der Waals surface area contributed by atoms with Gasteiger partial charge in [0.25, 0.3) is 0 Å². The van der Waals surface area contributed by atoms with Gasteiger partial charge in [-0.25, -0.2) is 0 Å². The van der Waals surface area contributed by atoms with Gasteiger partial charge in [-0.15, -0.1) is 0 Å². The van der Waals surface area contributed by atoms with Crippen LogP contribution in [0.2, 0.25) is 0 Å². The maximum absolute atomic E-state index is 9.49. The number of aliphatic hydroxyl groups is 1. The summed E-state index contributed by atoms with van der Waals surface area (Å²) in [6, 6.07) is 7.81. The first kappa shape index (κ1) is 17.2. The van der Waals surface area contributed by atoms with Crippen molar-refractivity contribution in [3.05, 3.63) is 40.9 Å². The quantitative estimate of drug-likeness (QED) is 0.820. The molecule has 1 aromatic rings. The molecule has 22 heavy (non-hydrogen) atoms. The van der Waals surface area contributed by atoms with Crippen molar-refractivity contribution in [2.24, 2.45) is 0 Å². The van der Waals surface area contributed by atoms with Crippen molar-refractivity contribution < 1.29 is 14.4 Å². The van der Waals surface area contributed by atoms with Gasteiger partial charge in [-0.3, -0.25) is 0 Å². The van der Waals surface area contributed by atoms with E-state index in [2.05, 4.69) is 5.32 Å². The van der Waals surface area contributed by atoms with E-state index in [1.807, 2.05) is 65.1 Å². The number of rotatable bonds is 5. The van der Waals surface area contributed by atoms with Crippen LogP contribution in [0.4, 0.5) is 0 Å². The number of hydrogen-bond donors (Lipinski definition) is 2. The van der Waals surface area contributed by atoms with Crippen molar-refractivity contribution >= 4 is 13.2 Å². The predicted molar refractivity (Wildman–Crippen MR) is 90.4 cm³/mol. The molecule has 0 amide bonds. The maximum Gasteiger partial charge on any atom is 0.491 e. The Kier molecular flexibility index (Phi) is 5.12. The number of aliphatic hydroxyl groups excluding tert-OH is 1. The molecular weight excluding hydrogens is 277 g/mol. The van der Waals surface area contributed by atoms with Gasteiger partial charge in [-0.2, -0.15) is 0 Å².